The Kier molecular flexibility index (Phi) is 7.14. The van der Waals surface area contributed by atoms with Crippen molar-refractivity contribution in [1.82, 2.24) is 24.9 Å². The third-order valence-corrected chi connectivity index (χ3v) is 6.73. The van der Waals surface area contributed by atoms with E-state index < -0.39 is 11.9 Å². The number of nitrogens with zero attached hydrogens (tertiary/aromatic N) is 5. The minimum absolute atomic E-state index is 0.117. The quantitative estimate of drug-likeness (QED) is 0.293. The van der Waals surface area contributed by atoms with Crippen molar-refractivity contribution in [2.45, 2.75) is 19.1 Å². The summed E-state index contributed by atoms with van der Waals surface area (Å²) < 4.78 is 17.7. The molecule has 1 N–H and O–H groups in total. The van der Waals surface area contributed by atoms with Crippen LogP contribution in [-0.4, -0.2) is 50.6 Å². The van der Waals surface area contributed by atoms with E-state index >= 15 is 0 Å². The van der Waals surface area contributed by atoms with E-state index in [1.807, 2.05) is 30.3 Å². The van der Waals surface area contributed by atoms with Crippen LogP contribution in [0.5, 0.6) is 17.2 Å². The molecule has 1 atom stereocenters. The fourth-order valence-electron chi connectivity index (χ4n) is 4.71. The molecular formula is C30H26N6O5. The molecule has 0 saturated heterocycles. The van der Waals surface area contributed by atoms with Crippen LogP contribution in [0.2, 0.25) is 0 Å². The SMILES string of the molecule is COc1ccc([C@@H](C(=O)Nc2ccc3c(c2)OCO3)N(Cc2cccnc2)C(=O)Cn2nnc3ccccc32)cc1. The maximum Gasteiger partial charge on any atom is 0.251 e. The number of para-hydroxylation sites is 1. The van der Waals surface area contributed by atoms with Crippen LogP contribution in [0.15, 0.2) is 91.3 Å². The normalized spacial score (nSPS) is 12.6. The summed E-state index contributed by atoms with van der Waals surface area (Å²) >= 11 is 0. The van der Waals surface area contributed by atoms with Gasteiger partial charge in [0.05, 0.1) is 12.6 Å². The maximum absolute atomic E-state index is 14.1. The van der Waals surface area contributed by atoms with E-state index in [4.69, 9.17) is 14.2 Å². The standard InChI is InChI=1S/C30H26N6O5/c1-39-23-11-8-21(9-12-23)29(30(38)32-22-10-13-26-27(15-22)41-19-40-26)35(17-20-5-4-14-31-16-20)28(37)18-36-25-7-3-2-6-24(25)33-34-36/h2-16,29H,17-19H2,1H3,(H,32,38)/t29-/m0/s1. The summed E-state index contributed by atoms with van der Waals surface area (Å²) in [6, 6.07) is 22.3. The Bertz CT molecular complexity index is 1690. The lowest BCUT2D eigenvalue weighted by atomic mass is 10.0. The first-order chi connectivity index (χ1) is 20.1. The van der Waals surface area contributed by atoms with Crippen molar-refractivity contribution in [3.05, 3.63) is 102 Å². The molecule has 0 radical (unpaired) electrons. The molecule has 3 aromatic carbocycles. The summed E-state index contributed by atoms with van der Waals surface area (Å²) in [6.07, 6.45) is 3.33. The summed E-state index contributed by atoms with van der Waals surface area (Å²) in [7, 11) is 1.57. The molecule has 41 heavy (non-hydrogen) atoms. The molecule has 11 heteroatoms. The van der Waals surface area contributed by atoms with Crippen molar-refractivity contribution >= 4 is 28.5 Å². The van der Waals surface area contributed by atoms with Gasteiger partial charge in [-0.1, -0.05) is 35.5 Å². The summed E-state index contributed by atoms with van der Waals surface area (Å²) in [5, 5.41) is 11.3. The number of nitrogens with one attached hydrogen (secondary N) is 1. The largest absolute Gasteiger partial charge is 0.497 e. The van der Waals surface area contributed by atoms with Crippen molar-refractivity contribution in [3.8, 4) is 17.2 Å². The van der Waals surface area contributed by atoms with Gasteiger partial charge in [-0.2, -0.15) is 0 Å². The van der Waals surface area contributed by atoms with Crippen LogP contribution < -0.4 is 19.5 Å². The van der Waals surface area contributed by atoms with E-state index in [-0.39, 0.29) is 25.8 Å². The minimum atomic E-state index is -1.01. The van der Waals surface area contributed by atoms with E-state index in [0.29, 0.717) is 39.5 Å². The second kappa shape index (κ2) is 11.3. The number of benzene rings is 3. The molecule has 0 fully saturated rings. The van der Waals surface area contributed by atoms with Crippen LogP contribution >= 0.6 is 0 Å². The van der Waals surface area contributed by atoms with Crippen molar-refractivity contribution < 1.29 is 23.8 Å². The lowest BCUT2D eigenvalue weighted by Gasteiger charge is -2.31. The minimum Gasteiger partial charge on any atom is -0.497 e. The molecule has 3 heterocycles. The number of anilines is 1. The highest BCUT2D eigenvalue weighted by molar-refractivity contribution is 5.98. The van der Waals surface area contributed by atoms with Gasteiger partial charge in [-0.15, -0.1) is 5.10 Å². The van der Waals surface area contributed by atoms with Gasteiger partial charge < -0.3 is 24.4 Å². The first-order valence-electron chi connectivity index (χ1n) is 12.9. The van der Waals surface area contributed by atoms with Gasteiger partial charge in [-0.05, 0) is 53.6 Å². The van der Waals surface area contributed by atoms with Crippen molar-refractivity contribution in [1.29, 1.82) is 0 Å². The zero-order valence-electron chi connectivity index (χ0n) is 22.1. The summed E-state index contributed by atoms with van der Waals surface area (Å²) in [6.45, 7) is 0.126. The summed E-state index contributed by atoms with van der Waals surface area (Å²) in [4.78, 5) is 33.9. The topological polar surface area (TPSA) is 121 Å². The van der Waals surface area contributed by atoms with E-state index in [2.05, 4.69) is 20.6 Å². The third kappa shape index (κ3) is 5.50. The molecule has 5 aromatic rings. The lowest BCUT2D eigenvalue weighted by molar-refractivity contribution is -0.140. The summed E-state index contributed by atoms with van der Waals surface area (Å²) in [5.41, 5.74) is 3.26. The Labute approximate surface area is 235 Å². The molecule has 0 aliphatic carbocycles. The molecule has 2 aromatic heterocycles. The van der Waals surface area contributed by atoms with Gasteiger partial charge in [0.15, 0.2) is 11.5 Å². The van der Waals surface area contributed by atoms with Gasteiger partial charge in [0.1, 0.15) is 23.9 Å². The molecule has 206 valence electrons. The molecular weight excluding hydrogens is 524 g/mol. The van der Waals surface area contributed by atoms with E-state index in [9.17, 15) is 9.59 Å². The van der Waals surface area contributed by atoms with Crippen LogP contribution in [0.3, 0.4) is 0 Å². The molecule has 0 spiro atoms. The number of amides is 2. The van der Waals surface area contributed by atoms with Crippen LogP contribution in [0.4, 0.5) is 5.69 Å². The van der Waals surface area contributed by atoms with Gasteiger partial charge >= 0.3 is 0 Å². The number of hydrogen-bond donors (Lipinski definition) is 1. The first-order valence-corrected chi connectivity index (χ1v) is 12.9. The molecule has 1 aliphatic heterocycles. The molecule has 0 saturated carbocycles. The van der Waals surface area contributed by atoms with Crippen LogP contribution in [0, 0.1) is 0 Å². The fraction of sp³-hybridized carbons (Fsp3) is 0.167. The van der Waals surface area contributed by atoms with Gasteiger partial charge in [0, 0.05) is 30.7 Å². The molecule has 1 aliphatic rings. The number of carbonyl (C=O) groups excluding carboxylic acids is 2. The number of methoxy groups -OCH3 is 1. The number of carbonyl (C=O) groups is 2. The number of pyridine rings is 1. The maximum atomic E-state index is 14.1. The molecule has 0 bridgehead atoms. The highest BCUT2D eigenvalue weighted by Crippen LogP contribution is 2.35. The Hall–Kier alpha value is -5.45. The second-order valence-electron chi connectivity index (χ2n) is 9.35. The molecule has 2 amide bonds. The molecule has 11 nitrogen and oxygen atoms in total. The van der Waals surface area contributed by atoms with Gasteiger partial charge in [0.2, 0.25) is 12.7 Å². The average Bonchev–Trinajstić information content (AvgIpc) is 3.64. The van der Waals surface area contributed by atoms with E-state index in [0.717, 1.165) is 5.56 Å². The van der Waals surface area contributed by atoms with E-state index in [1.54, 1.807) is 68.0 Å². The molecule has 0 unspecified atom stereocenters. The highest BCUT2D eigenvalue weighted by atomic mass is 16.7. The number of fused-ring (bicyclic) bond motifs is 2. The van der Waals surface area contributed by atoms with Gasteiger partial charge in [-0.25, -0.2) is 4.68 Å². The Morgan fingerprint density at radius 3 is 2.66 bits per heavy atom. The zero-order valence-corrected chi connectivity index (χ0v) is 22.1. The Balaban J connectivity index is 1.38. The zero-order chi connectivity index (χ0) is 28.2. The number of hydrogen-bond acceptors (Lipinski definition) is 8. The number of ether oxygens (including phenoxy) is 3. The second-order valence-corrected chi connectivity index (χ2v) is 9.35. The van der Waals surface area contributed by atoms with Crippen molar-refractivity contribution in [3.63, 3.8) is 0 Å². The fourth-order valence-corrected chi connectivity index (χ4v) is 4.71. The van der Waals surface area contributed by atoms with Gasteiger partial charge in [0.25, 0.3) is 5.91 Å². The smallest absolute Gasteiger partial charge is 0.251 e. The number of aromatic nitrogens is 4. The Morgan fingerprint density at radius 1 is 1.02 bits per heavy atom. The predicted molar refractivity (Wildman–Crippen MR) is 149 cm³/mol. The Morgan fingerprint density at radius 2 is 1.85 bits per heavy atom. The molecule has 6 rings (SSSR count). The van der Waals surface area contributed by atoms with E-state index in [1.165, 1.54) is 9.58 Å². The van der Waals surface area contributed by atoms with Crippen molar-refractivity contribution in [2.24, 2.45) is 0 Å². The first kappa shape index (κ1) is 25.8. The third-order valence-electron chi connectivity index (χ3n) is 6.73. The lowest BCUT2D eigenvalue weighted by Crippen LogP contribution is -2.42. The van der Waals surface area contributed by atoms with Gasteiger partial charge in [-0.3, -0.25) is 14.6 Å². The monoisotopic (exact) mass is 550 g/mol. The summed E-state index contributed by atoms with van der Waals surface area (Å²) in [5.74, 6) is 1.03. The highest BCUT2D eigenvalue weighted by Gasteiger charge is 2.33. The van der Waals surface area contributed by atoms with Crippen LogP contribution in [0.1, 0.15) is 17.2 Å². The average molecular weight is 551 g/mol. The van der Waals surface area contributed by atoms with Crippen molar-refractivity contribution in [2.75, 3.05) is 19.2 Å². The number of rotatable bonds is 9. The van der Waals surface area contributed by atoms with Crippen LogP contribution in [-0.2, 0) is 22.7 Å². The predicted octanol–water partition coefficient (Wildman–Crippen LogP) is 3.97. The van der Waals surface area contributed by atoms with Crippen LogP contribution in [0.25, 0.3) is 11.0 Å².